The summed E-state index contributed by atoms with van der Waals surface area (Å²) in [6.45, 7) is 0.426. The second-order valence-corrected chi connectivity index (χ2v) is 2.72. The highest BCUT2D eigenvalue weighted by molar-refractivity contribution is 7.39. The maximum Gasteiger partial charge on any atom is 0.327 e. The van der Waals surface area contributed by atoms with E-state index in [0.29, 0.717) is 0 Å². The second-order valence-electron chi connectivity index (χ2n) is 2.00. The highest BCUT2D eigenvalue weighted by Gasteiger charge is 2.29. The number of rotatable bonds is 2. The first-order chi connectivity index (χ1) is 4.70. The van der Waals surface area contributed by atoms with Crippen LogP contribution in [0.1, 0.15) is 0 Å². The van der Waals surface area contributed by atoms with E-state index in [1.165, 1.54) is 0 Å². The first-order valence-corrected chi connectivity index (χ1v) is 3.97. The molecule has 3 N–H and O–H groups in total. The molecule has 0 amide bonds. The van der Waals surface area contributed by atoms with Crippen LogP contribution in [0.15, 0.2) is 0 Å². The molecule has 1 fully saturated rings. The lowest BCUT2D eigenvalue weighted by atomic mass is 10.3. The van der Waals surface area contributed by atoms with E-state index < -0.39 is 20.8 Å². The van der Waals surface area contributed by atoms with Crippen LogP contribution in [0.3, 0.4) is 0 Å². The molecule has 0 aliphatic carbocycles. The minimum absolute atomic E-state index is 0.202. The number of ether oxygens (including phenoxy) is 1. The van der Waals surface area contributed by atoms with E-state index in [-0.39, 0.29) is 13.2 Å². The lowest BCUT2D eigenvalue weighted by Crippen LogP contribution is -2.24. The molecule has 0 bridgehead atoms. The monoisotopic (exact) mass is 168 g/mol. The summed E-state index contributed by atoms with van der Waals surface area (Å²) in [6, 6.07) is 0. The van der Waals surface area contributed by atoms with Gasteiger partial charge in [0.05, 0.1) is 13.2 Å². The molecule has 10 heavy (non-hydrogen) atoms. The van der Waals surface area contributed by atoms with Crippen molar-refractivity contribution in [3.05, 3.63) is 0 Å². The standard InChI is InChI=1S/C4H9O5P/c5-3-1-8-2-4(3)9-10(6)7/h3-7H,1-2H2. The van der Waals surface area contributed by atoms with Crippen molar-refractivity contribution >= 4 is 8.60 Å². The zero-order valence-electron chi connectivity index (χ0n) is 5.17. The van der Waals surface area contributed by atoms with Crippen molar-refractivity contribution in [3.8, 4) is 0 Å². The van der Waals surface area contributed by atoms with Gasteiger partial charge in [0.2, 0.25) is 0 Å². The summed E-state index contributed by atoms with van der Waals surface area (Å²) in [5.41, 5.74) is 0. The van der Waals surface area contributed by atoms with Gasteiger partial charge in [0.15, 0.2) is 0 Å². The molecule has 2 unspecified atom stereocenters. The van der Waals surface area contributed by atoms with Crippen LogP contribution in [-0.2, 0) is 9.26 Å². The Bertz CT molecular complexity index is 108. The summed E-state index contributed by atoms with van der Waals surface area (Å²) in [7, 11) is -2.38. The first kappa shape index (κ1) is 8.33. The van der Waals surface area contributed by atoms with Gasteiger partial charge in [-0.25, -0.2) is 0 Å². The molecule has 1 heterocycles. The van der Waals surface area contributed by atoms with Gasteiger partial charge >= 0.3 is 8.60 Å². The zero-order chi connectivity index (χ0) is 7.56. The fourth-order valence-electron chi connectivity index (χ4n) is 0.745. The second kappa shape index (κ2) is 3.57. The zero-order valence-corrected chi connectivity index (χ0v) is 6.07. The van der Waals surface area contributed by atoms with Gasteiger partial charge in [0.1, 0.15) is 12.2 Å². The molecule has 6 heteroatoms. The number of hydrogen-bond donors (Lipinski definition) is 3. The first-order valence-electron chi connectivity index (χ1n) is 2.80. The third kappa shape index (κ3) is 2.12. The van der Waals surface area contributed by atoms with Crippen LogP contribution in [0.2, 0.25) is 0 Å². The molecule has 1 aliphatic rings. The van der Waals surface area contributed by atoms with E-state index in [2.05, 4.69) is 4.52 Å². The van der Waals surface area contributed by atoms with E-state index in [1.807, 2.05) is 0 Å². The van der Waals surface area contributed by atoms with E-state index in [4.69, 9.17) is 19.6 Å². The van der Waals surface area contributed by atoms with Crippen LogP contribution in [-0.4, -0.2) is 40.3 Å². The minimum Gasteiger partial charge on any atom is -0.388 e. The Morgan fingerprint density at radius 3 is 2.50 bits per heavy atom. The van der Waals surface area contributed by atoms with E-state index >= 15 is 0 Å². The summed E-state index contributed by atoms with van der Waals surface area (Å²) in [6.07, 6.45) is -1.31. The van der Waals surface area contributed by atoms with Gasteiger partial charge in [0.25, 0.3) is 0 Å². The Morgan fingerprint density at radius 2 is 2.10 bits per heavy atom. The maximum atomic E-state index is 8.98. The molecule has 0 spiro atoms. The van der Waals surface area contributed by atoms with Gasteiger partial charge < -0.3 is 24.2 Å². The fourth-order valence-corrected chi connectivity index (χ4v) is 1.19. The highest BCUT2D eigenvalue weighted by atomic mass is 31.2. The van der Waals surface area contributed by atoms with Gasteiger partial charge in [-0.3, -0.25) is 0 Å². The summed E-state index contributed by atoms with van der Waals surface area (Å²) in [5.74, 6) is 0. The quantitative estimate of drug-likeness (QED) is 0.459. The Labute approximate surface area is 59.2 Å². The number of hydrogen-bond acceptors (Lipinski definition) is 5. The molecule has 60 valence electrons. The molecule has 5 nitrogen and oxygen atoms in total. The Balaban J connectivity index is 2.26. The SMILES string of the molecule is OC1COCC1OP(O)O. The molecule has 1 aliphatic heterocycles. The van der Waals surface area contributed by atoms with Crippen LogP contribution in [0.4, 0.5) is 0 Å². The molecule has 2 atom stereocenters. The lowest BCUT2D eigenvalue weighted by Gasteiger charge is -2.12. The Kier molecular flexibility index (Phi) is 2.97. The third-order valence-corrected chi connectivity index (χ3v) is 1.69. The van der Waals surface area contributed by atoms with Gasteiger partial charge in [0, 0.05) is 0 Å². The highest BCUT2D eigenvalue weighted by Crippen LogP contribution is 2.29. The molecule has 0 aromatic rings. The number of aliphatic hydroxyl groups is 1. The van der Waals surface area contributed by atoms with Gasteiger partial charge in [-0.05, 0) is 0 Å². The van der Waals surface area contributed by atoms with Crippen LogP contribution >= 0.6 is 8.60 Å². The van der Waals surface area contributed by atoms with Crippen molar-refractivity contribution in [2.75, 3.05) is 13.2 Å². The molecule has 0 aromatic carbocycles. The van der Waals surface area contributed by atoms with Gasteiger partial charge in [-0.2, -0.15) is 0 Å². The van der Waals surface area contributed by atoms with Crippen LogP contribution in [0.25, 0.3) is 0 Å². The van der Waals surface area contributed by atoms with Crippen LogP contribution in [0.5, 0.6) is 0 Å². The van der Waals surface area contributed by atoms with Crippen molar-refractivity contribution < 1.29 is 24.2 Å². The summed E-state index contributed by atoms with van der Waals surface area (Å²) in [5, 5.41) is 8.98. The molecule has 0 radical (unpaired) electrons. The number of aliphatic hydroxyl groups excluding tert-OH is 1. The van der Waals surface area contributed by atoms with Crippen molar-refractivity contribution in [3.63, 3.8) is 0 Å². The van der Waals surface area contributed by atoms with Crippen LogP contribution < -0.4 is 0 Å². The maximum absolute atomic E-state index is 8.98. The Morgan fingerprint density at radius 1 is 1.40 bits per heavy atom. The van der Waals surface area contributed by atoms with Crippen molar-refractivity contribution in [2.24, 2.45) is 0 Å². The van der Waals surface area contributed by atoms with Gasteiger partial charge in [-0.15, -0.1) is 0 Å². The smallest absolute Gasteiger partial charge is 0.327 e. The van der Waals surface area contributed by atoms with E-state index in [9.17, 15) is 0 Å². The van der Waals surface area contributed by atoms with Crippen LogP contribution in [0, 0.1) is 0 Å². The average Bonchev–Trinajstić information content (AvgIpc) is 2.15. The Hall–Kier alpha value is 0.230. The van der Waals surface area contributed by atoms with Gasteiger partial charge in [-0.1, -0.05) is 0 Å². The summed E-state index contributed by atoms with van der Waals surface area (Å²) >= 11 is 0. The van der Waals surface area contributed by atoms with Crippen molar-refractivity contribution in [2.45, 2.75) is 12.2 Å². The lowest BCUT2D eigenvalue weighted by molar-refractivity contribution is 0.0644. The molecular weight excluding hydrogens is 159 g/mol. The molecular formula is C4H9O5P. The molecule has 1 saturated heterocycles. The third-order valence-electron chi connectivity index (χ3n) is 1.23. The van der Waals surface area contributed by atoms with E-state index in [0.717, 1.165) is 0 Å². The van der Waals surface area contributed by atoms with E-state index in [1.54, 1.807) is 0 Å². The largest absolute Gasteiger partial charge is 0.388 e. The summed E-state index contributed by atoms with van der Waals surface area (Å²) < 4.78 is 9.31. The molecule has 0 aromatic heterocycles. The topological polar surface area (TPSA) is 79.2 Å². The normalized spacial score (nSPS) is 33.6. The summed E-state index contributed by atoms with van der Waals surface area (Å²) in [4.78, 5) is 16.7. The van der Waals surface area contributed by atoms with Crippen molar-refractivity contribution in [1.29, 1.82) is 0 Å². The van der Waals surface area contributed by atoms with Crippen molar-refractivity contribution in [1.82, 2.24) is 0 Å². The predicted octanol–water partition coefficient (Wildman–Crippen LogP) is -1.03. The average molecular weight is 168 g/mol. The predicted molar refractivity (Wildman–Crippen MR) is 33.1 cm³/mol. The molecule has 0 saturated carbocycles. The fraction of sp³-hybridized carbons (Fsp3) is 1.00. The molecule has 1 rings (SSSR count). The minimum atomic E-state index is -2.38.